The topological polar surface area (TPSA) is 75.1 Å². The predicted molar refractivity (Wildman–Crippen MR) is 70.5 cm³/mol. The zero-order chi connectivity index (χ0) is 13.1. The van der Waals surface area contributed by atoms with Gasteiger partial charge in [0, 0.05) is 10.7 Å². The van der Waals surface area contributed by atoms with Gasteiger partial charge in [0.15, 0.2) is 0 Å². The number of pyridine rings is 2. The number of halogens is 1. The highest BCUT2D eigenvalue weighted by Gasteiger charge is 2.11. The van der Waals surface area contributed by atoms with Crippen molar-refractivity contribution in [1.82, 2.24) is 9.97 Å². The first-order valence-electron chi connectivity index (χ1n) is 5.15. The molecule has 1 amide bonds. The highest BCUT2D eigenvalue weighted by atomic mass is 79.9. The molecule has 18 heavy (non-hydrogen) atoms. The SMILES string of the molecule is Cc1nc(NC(=O)c2ccncc2O)ccc1Br. The van der Waals surface area contributed by atoms with Crippen LogP contribution >= 0.6 is 15.9 Å². The minimum atomic E-state index is -0.427. The first-order chi connectivity index (χ1) is 8.58. The number of rotatable bonds is 2. The molecule has 0 saturated heterocycles. The van der Waals surface area contributed by atoms with E-state index in [0.29, 0.717) is 5.82 Å². The van der Waals surface area contributed by atoms with E-state index < -0.39 is 5.91 Å². The number of amides is 1. The molecular weight excluding hydrogens is 298 g/mol. The average Bonchev–Trinajstić information content (AvgIpc) is 2.34. The lowest BCUT2D eigenvalue weighted by molar-refractivity contribution is 0.102. The highest BCUT2D eigenvalue weighted by Crippen LogP contribution is 2.18. The number of hydrogen-bond acceptors (Lipinski definition) is 4. The zero-order valence-corrected chi connectivity index (χ0v) is 11.1. The van der Waals surface area contributed by atoms with Crippen LogP contribution in [-0.4, -0.2) is 21.0 Å². The molecule has 0 aromatic carbocycles. The van der Waals surface area contributed by atoms with Crippen LogP contribution in [0.15, 0.2) is 35.1 Å². The fourth-order valence-electron chi connectivity index (χ4n) is 1.38. The summed E-state index contributed by atoms with van der Waals surface area (Å²) in [5.41, 5.74) is 0.930. The molecular formula is C12H10BrN3O2. The monoisotopic (exact) mass is 307 g/mol. The minimum absolute atomic E-state index is 0.160. The largest absolute Gasteiger partial charge is 0.505 e. The van der Waals surface area contributed by atoms with Gasteiger partial charge in [-0.1, -0.05) is 0 Å². The molecule has 0 spiro atoms. The van der Waals surface area contributed by atoms with Crippen LogP contribution in [0, 0.1) is 6.92 Å². The number of carbonyl (C=O) groups excluding carboxylic acids is 1. The summed E-state index contributed by atoms with van der Waals surface area (Å²) >= 11 is 3.33. The van der Waals surface area contributed by atoms with Gasteiger partial charge in [-0.3, -0.25) is 9.78 Å². The maximum absolute atomic E-state index is 11.9. The number of aromatic nitrogens is 2. The Balaban J connectivity index is 2.22. The first-order valence-corrected chi connectivity index (χ1v) is 5.94. The average molecular weight is 308 g/mol. The second-order valence-electron chi connectivity index (χ2n) is 3.61. The molecule has 5 nitrogen and oxygen atoms in total. The molecule has 2 aromatic heterocycles. The quantitative estimate of drug-likeness (QED) is 0.894. The van der Waals surface area contributed by atoms with E-state index in [0.717, 1.165) is 10.2 Å². The van der Waals surface area contributed by atoms with E-state index in [-0.39, 0.29) is 11.3 Å². The van der Waals surface area contributed by atoms with Crippen molar-refractivity contribution in [2.75, 3.05) is 5.32 Å². The molecule has 0 radical (unpaired) electrons. The number of hydrogen-bond donors (Lipinski definition) is 2. The zero-order valence-electron chi connectivity index (χ0n) is 9.51. The molecule has 92 valence electrons. The summed E-state index contributed by atoms with van der Waals surface area (Å²) in [5, 5.41) is 12.1. The Morgan fingerprint density at radius 1 is 1.39 bits per heavy atom. The van der Waals surface area contributed by atoms with Crippen LogP contribution in [0.1, 0.15) is 16.1 Å². The maximum atomic E-state index is 11.9. The number of aromatic hydroxyl groups is 1. The van der Waals surface area contributed by atoms with Gasteiger partial charge in [-0.25, -0.2) is 4.98 Å². The Kier molecular flexibility index (Phi) is 3.57. The van der Waals surface area contributed by atoms with Gasteiger partial charge in [-0.15, -0.1) is 0 Å². The second kappa shape index (κ2) is 5.14. The second-order valence-corrected chi connectivity index (χ2v) is 4.47. The fraction of sp³-hybridized carbons (Fsp3) is 0.0833. The smallest absolute Gasteiger partial charge is 0.260 e. The van der Waals surface area contributed by atoms with Crippen molar-refractivity contribution >= 4 is 27.7 Å². The van der Waals surface area contributed by atoms with Crippen molar-refractivity contribution in [1.29, 1.82) is 0 Å². The van der Waals surface area contributed by atoms with E-state index in [1.54, 1.807) is 12.1 Å². The molecule has 0 aliphatic rings. The third kappa shape index (κ3) is 2.65. The van der Waals surface area contributed by atoms with Gasteiger partial charge < -0.3 is 10.4 Å². The summed E-state index contributed by atoms with van der Waals surface area (Å²) < 4.78 is 0.868. The van der Waals surface area contributed by atoms with E-state index >= 15 is 0 Å². The first kappa shape index (κ1) is 12.5. The lowest BCUT2D eigenvalue weighted by Crippen LogP contribution is -2.13. The van der Waals surface area contributed by atoms with Gasteiger partial charge in [0.25, 0.3) is 5.91 Å². The van der Waals surface area contributed by atoms with Crippen molar-refractivity contribution < 1.29 is 9.90 Å². The van der Waals surface area contributed by atoms with Gasteiger partial charge in [0.05, 0.1) is 17.5 Å². The lowest BCUT2D eigenvalue weighted by Gasteiger charge is -2.07. The fourth-order valence-corrected chi connectivity index (χ4v) is 1.60. The van der Waals surface area contributed by atoms with Crippen molar-refractivity contribution in [3.8, 4) is 5.75 Å². The van der Waals surface area contributed by atoms with Crippen LogP contribution in [0.4, 0.5) is 5.82 Å². The summed E-state index contributed by atoms with van der Waals surface area (Å²) in [6.07, 6.45) is 2.66. The van der Waals surface area contributed by atoms with Crippen LogP contribution < -0.4 is 5.32 Å². The predicted octanol–water partition coefficient (Wildman–Crippen LogP) is 2.51. The minimum Gasteiger partial charge on any atom is -0.505 e. The third-order valence-corrected chi connectivity index (χ3v) is 3.15. The molecule has 2 rings (SSSR count). The van der Waals surface area contributed by atoms with Gasteiger partial charge in [0.1, 0.15) is 11.6 Å². The van der Waals surface area contributed by atoms with E-state index in [1.807, 2.05) is 6.92 Å². The number of nitrogens with zero attached hydrogens (tertiary/aromatic N) is 2. The van der Waals surface area contributed by atoms with Gasteiger partial charge in [0.2, 0.25) is 0 Å². The normalized spacial score (nSPS) is 10.1. The Labute approximate surface area is 112 Å². The van der Waals surface area contributed by atoms with E-state index in [9.17, 15) is 9.90 Å². The van der Waals surface area contributed by atoms with Crippen LogP contribution in [0.25, 0.3) is 0 Å². The summed E-state index contributed by atoms with van der Waals surface area (Å²) in [4.78, 5) is 19.8. The number of nitrogens with one attached hydrogen (secondary N) is 1. The molecule has 6 heteroatoms. The summed E-state index contributed by atoms with van der Waals surface area (Å²) in [6.45, 7) is 1.82. The van der Waals surface area contributed by atoms with Crippen LogP contribution in [0.5, 0.6) is 5.75 Å². The van der Waals surface area contributed by atoms with Crippen molar-refractivity contribution in [3.05, 3.63) is 46.3 Å². The molecule has 0 unspecified atom stereocenters. The van der Waals surface area contributed by atoms with Crippen molar-refractivity contribution in [3.63, 3.8) is 0 Å². The van der Waals surface area contributed by atoms with Crippen LogP contribution in [-0.2, 0) is 0 Å². The third-order valence-electron chi connectivity index (χ3n) is 2.31. The molecule has 0 atom stereocenters. The van der Waals surface area contributed by atoms with Gasteiger partial charge in [-0.05, 0) is 41.1 Å². The molecule has 2 N–H and O–H groups in total. The van der Waals surface area contributed by atoms with Crippen molar-refractivity contribution in [2.45, 2.75) is 6.92 Å². The highest BCUT2D eigenvalue weighted by molar-refractivity contribution is 9.10. The maximum Gasteiger partial charge on any atom is 0.260 e. The Hall–Kier alpha value is -1.95. The molecule has 0 saturated carbocycles. The van der Waals surface area contributed by atoms with E-state index in [1.165, 1.54) is 18.5 Å². The summed E-state index contributed by atoms with van der Waals surface area (Å²) in [7, 11) is 0. The Bertz CT molecular complexity index is 602. The lowest BCUT2D eigenvalue weighted by atomic mass is 10.2. The van der Waals surface area contributed by atoms with E-state index in [2.05, 4.69) is 31.2 Å². The molecule has 2 aromatic rings. The molecule has 0 fully saturated rings. The number of anilines is 1. The molecule has 2 heterocycles. The summed E-state index contributed by atoms with van der Waals surface area (Å²) in [5.74, 6) is -0.162. The number of aryl methyl sites for hydroxylation is 1. The molecule has 0 bridgehead atoms. The van der Waals surface area contributed by atoms with Gasteiger partial charge in [-0.2, -0.15) is 0 Å². The van der Waals surface area contributed by atoms with Crippen LogP contribution in [0.3, 0.4) is 0 Å². The Morgan fingerprint density at radius 3 is 2.83 bits per heavy atom. The summed E-state index contributed by atoms with van der Waals surface area (Å²) in [6, 6.07) is 4.91. The molecule has 0 aliphatic heterocycles. The Morgan fingerprint density at radius 2 is 2.17 bits per heavy atom. The van der Waals surface area contributed by atoms with E-state index in [4.69, 9.17) is 0 Å². The molecule has 0 aliphatic carbocycles. The standard InChI is InChI=1S/C12H10BrN3O2/c1-7-9(13)2-3-11(15-7)16-12(18)8-4-5-14-6-10(8)17/h2-6,17H,1H3,(H,15,16,18). The van der Waals surface area contributed by atoms with Crippen LogP contribution in [0.2, 0.25) is 0 Å². The number of carbonyl (C=O) groups is 1. The van der Waals surface area contributed by atoms with Crippen molar-refractivity contribution in [2.24, 2.45) is 0 Å². The van der Waals surface area contributed by atoms with Gasteiger partial charge >= 0.3 is 0 Å².